The number of rotatable bonds is 14. The Balaban J connectivity index is 0.00000833. The van der Waals surface area contributed by atoms with E-state index in [9.17, 15) is 42.8 Å². The number of aliphatic carboxylic acids is 2. The molecule has 3 rings (SSSR count). The molecule has 1 heterocycles. The maximum atomic E-state index is 12.1. The van der Waals surface area contributed by atoms with Crippen molar-refractivity contribution in [1.29, 1.82) is 5.26 Å². The van der Waals surface area contributed by atoms with Crippen LogP contribution >= 0.6 is 23.2 Å². The van der Waals surface area contributed by atoms with Crippen LogP contribution in [-0.2, 0) is 29.9 Å². The van der Waals surface area contributed by atoms with Gasteiger partial charge < -0.3 is 34.6 Å². The quantitative estimate of drug-likeness (QED) is 0.0919. The van der Waals surface area contributed by atoms with Gasteiger partial charge in [0.05, 0.1) is 26.3 Å². The molecule has 51 heavy (non-hydrogen) atoms. The summed E-state index contributed by atoms with van der Waals surface area (Å²) < 4.78 is 36.0. The second-order valence-corrected chi connectivity index (χ2v) is 13.7. The van der Waals surface area contributed by atoms with Crippen molar-refractivity contribution in [1.82, 2.24) is 9.78 Å². The van der Waals surface area contributed by atoms with E-state index in [0.29, 0.717) is 5.69 Å². The van der Waals surface area contributed by atoms with Gasteiger partial charge in [0.1, 0.15) is 33.1 Å². The molecule has 1 N–H and O–H groups in total. The normalized spacial score (nSPS) is 11.1. The summed E-state index contributed by atoms with van der Waals surface area (Å²) in [6.07, 6.45) is -0.0452. The molecule has 2 aromatic carbocycles. The number of carbonyl (C=O) groups excluding carboxylic acids is 3. The van der Waals surface area contributed by atoms with Crippen LogP contribution in [0.15, 0.2) is 45.5 Å². The van der Waals surface area contributed by atoms with Crippen molar-refractivity contribution < 1.29 is 126 Å². The molecule has 0 aliphatic heterocycles. The molecule has 0 spiro atoms. The molecule has 1 amide bonds. The van der Waals surface area contributed by atoms with E-state index < -0.39 is 38.3 Å². The van der Waals surface area contributed by atoms with Crippen molar-refractivity contribution in [3.05, 3.63) is 51.6 Å². The SMILES string of the molecule is CC(=O)Nc1cc(N(CCCC(=O)[O-])CCCC(=O)[O-])ccc1N=Nc1c(C#N)c(C(C)(C)C)nn1-c1c(Cl)cc(S(=O)(=O)[O-])cc1Cl.[Na+].[Na+].[Na+]. The molecule has 0 atom stereocenters. The van der Waals surface area contributed by atoms with Gasteiger partial charge in [-0.3, -0.25) is 4.79 Å². The number of hydrogen-bond donors (Lipinski definition) is 1. The van der Waals surface area contributed by atoms with Crippen molar-refractivity contribution >= 4 is 74.0 Å². The topological polar surface area (TPSA) is 236 Å². The summed E-state index contributed by atoms with van der Waals surface area (Å²) in [6.45, 7) is 7.09. The number of hydrogen-bond acceptors (Lipinski definition) is 13. The van der Waals surface area contributed by atoms with Gasteiger partial charge in [0.2, 0.25) is 5.91 Å². The average Bonchev–Trinajstić information content (AvgIpc) is 3.33. The predicted molar refractivity (Wildman–Crippen MR) is 171 cm³/mol. The maximum Gasteiger partial charge on any atom is 1.00 e. The first-order valence-corrected chi connectivity index (χ1v) is 16.5. The fourth-order valence-electron chi connectivity index (χ4n) is 4.57. The number of nitriles is 1. The summed E-state index contributed by atoms with van der Waals surface area (Å²) >= 11 is 12.8. The third-order valence-corrected chi connectivity index (χ3v) is 8.09. The molecule has 0 bridgehead atoms. The summed E-state index contributed by atoms with van der Waals surface area (Å²) in [5.41, 5.74) is 0.286. The van der Waals surface area contributed by atoms with Crippen LogP contribution in [-0.4, -0.2) is 53.7 Å². The number of nitrogens with zero attached hydrogens (tertiary/aromatic N) is 6. The van der Waals surface area contributed by atoms with Crippen LogP contribution in [0.1, 0.15) is 64.6 Å². The van der Waals surface area contributed by atoms with E-state index in [2.05, 4.69) is 26.7 Å². The standard InChI is InChI=1S/C30H33Cl2N7O8S.3Na/c1-17(40)34-24-13-18(38(11-5-7-25(41)42)12-6-8-26(43)44)9-10-23(24)35-36-29-20(16-33)28(30(2,3)4)37-39(29)27-21(31)14-19(15-22(27)32)48(45,46)47;;;/h9-10,13-15H,5-8,11-12H2,1-4H3,(H,34,40)(H,41,42)(H,43,44)(H,45,46,47);;;/q;3*+1/p-3. The van der Waals surface area contributed by atoms with Crippen LogP contribution in [0.25, 0.3) is 5.69 Å². The van der Waals surface area contributed by atoms with E-state index in [1.165, 1.54) is 13.0 Å². The Labute approximate surface area is 371 Å². The number of nitrogens with one attached hydrogen (secondary N) is 1. The van der Waals surface area contributed by atoms with Crippen molar-refractivity contribution in [3.8, 4) is 11.8 Å². The smallest absolute Gasteiger partial charge is 0.744 e. The van der Waals surface area contributed by atoms with Gasteiger partial charge in [0.25, 0.3) is 0 Å². The number of carboxylic acid groups (broad SMARTS) is 2. The molecule has 0 saturated carbocycles. The number of carbonyl (C=O) groups is 3. The molecule has 1 aromatic heterocycles. The Hall–Kier alpha value is -1.56. The maximum absolute atomic E-state index is 12.1. The Bertz CT molecular complexity index is 1890. The first-order chi connectivity index (χ1) is 22.3. The van der Waals surface area contributed by atoms with Gasteiger partial charge in [0, 0.05) is 43.1 Å². The number of halogens is 2. The minimum absolute atomic E-state index is 0. The van der Waals surface area contributed by atoms with Gasteiger partial charge in [-0.1, -0.05) is 44.0 Å². The van der Waals surface area contributed by atoms with Crippen LogP contribution in [0.3, 0.4) is 0 Å². The van der Waals surface area contributed by atoms with Gasteiger partial charge in [-0.05, 0) is 56.0 Å². The van der Waals surface area contributed by atoms with Crippen molar-refractivity contribution in [2.45, 2.75) is 63.7 Å². The van der Waals surface area contributed by atoms with Crippen molar-refractivity contribution in [2.75, 3.05) is 23.3 Å². The number of aromatic nitrogens is 2. The van der Waals surface area contributed by atoms with Gasteiger partial charge in [-0.15, -0.1) is 10.2 Å². The molecule has 0 aliphatic rings. The Kier molecular flexibility index (Phi) is 20.7. The first-order valence-electron chi connectivity index (χ1n) is 14.3. The third-order valence-electron chi connectivity index (χ3n) is 6.70. The molecule has 256 valence electrons. The molecule has 0 aliphatic carbocycles. The van der Waals surface area contributed by atoms with E-state index in [1.807, 2.05) is 0 Å². The predicted octanol–water partition coefficient (Wildman–Crippen LogP) is -5.50. The van der Waals surface area contributed by atoms with Crippen LogP contribution < -0.4 is 109 Å². The van der Waals surface area contributed by atoms with E-state index in [0.717, 1.165) is 16.8 Å². The van der Waals surface area contributed by atoms with Crippen LogP contribution in [0.5, 0.6) is 0 Å². The van der Waals surface area contributed by atoms with E-state index in [1.54, 1.807) is 37.8 Å². The average molecular weight is 789 g/mol. The van der Waals surface area contributed by atoms with Gasteiger partial charge in [0.15, 0.2) is 5.82 Å². The Morgan fingerprint density at radius 1 is 0.980 bits per heavy atom. The number of carboxylic acids is 2. The monoisotopic (exact) mass is 787 g/mol. The van der Waals surface area contributed by atoms with Gasteiger partial charge >= 0.3 is 88.7 Å². The molecule has 3 aromatic rings. The van der Waals surface area contributed by atoms with Crippen molar-refractivity contribution in [2.24, 2.45) is 10.2 Å². The number of azo groups is 1. The molecule has 0 saturated heterocycles. The molecule has 0 unspecified atom stereocenters. The van der Waals surface area contributed by atoms with Gasteiger partial charge in [-0.25, -0.2) is 13.1 Å². The zero-order chi connectivity index (χ0) is 36.0. The molecular formula is C30H30Cl2N7Na3O8S. The van der Waals surface area contributed by atoms with Crippen LogP contribution in [0, 0.1) is 11.3 Å². The molecule has 21 heteroatoms. The van der Waals surface area contributed by atoms with Crippen LogP contribution in [0.2, 0.25) is 10.0 Å². The third kappa shape index (κ3) is 14.0. The van der Waals surface area contributed by atoms with Gasteiger partial charge in [-0.2, -0.15) is 10.4 Å². The number of amides is 1. The summed E-state index contributed by atoms with van der Waals surface area (Å²) in [5, 5.41) is 47.3. The molecule has 15 nitrogen and oxygen atoms in total. The zero-order valence-corrected chi connectivity index (χ0v) is 37.6. The summed E-state index contributed by atoms with van der Waals surface area (Å²) in [7, 11) is -4.92. The van der Waals surface area contributed by atoms with Crippen LogP contribution in [0.4, 0.5) is 22.9 Å². The second kappa shape index (κ2) is 21.4. The van der Waals surface area contributed by atoms with E-state index in [4.69, 9.17) is 23.2 Å². The summed E-state index contributed by atoms with van der Waals surface area (Å²) in [4.78, 5) is 35.2. The van der Waals surface area contributed by atoms with E-state index >= 15 is 0 Å². The fourth-order valence-corrected chi connectivity index (χ4v) is 5.87. The number of anilines is 2. The fraction of sp³-hybridized carbons (Fsp3) is 0.367. The summed E-state index contributed by atoms with van der Waals surface area (Å²) in [5.74, 6) is -3.08. The first kappa shape index (κ1) is 49.4. The zero-order valence-electron chi connectivity index (χ0n) is 29.2. The summed E-state index contributed by atoms with van der Waals surface area (Å²) in [6, 6.07) is 8.51. The Morgan fingerprint density at radius 3 is 1.94 bits per heavy atom. The van der Waals surface area contributed by atoms with Crippen molar-refractivity contribution in [3.63, 3.8) is 0 Å². The molecule has 0 fully saturated rings. The largest absolute Gasteiger partial charge is 1.00 e. The second-order valence-electron chi connectivity index (χ2n) is 11.5. The minimum atomic E-state index is -4.92. The van der Waals surface area contributed by atoms with E-state index in [-0.39, 0.29) is 172 Å². The number of benzene rings is 2. The molecular weight excluding hydrogens is 758 g/mol. The molecule has 0 radical (unpaired) electrons. The minimum Gasteiger partial charge on any atom is -0.744 e. The Morgan fingerprint density at radius 2 is 1.51 bits per heavy atom.